The number of carbonyl (C=O) groups excluding carboxylic acids is 1. The van der Waals surface area contributed by atoms with Crippen LogP contribution in [0, 0.1) is 5.92 Å². The van der Waals surface area contributed by atoms with E-state index in [1.165, 1.54) is 12.2 Å². The van der Waals surface area contributed by atoms with E-state index in [1.807, 2.05) is 6.92 Å². The molecule has 2 N–H and O–H groups in total. The molecule has 78 valence electrons. The molecule has 0 saturated heterocycles. The summed E-state index contributed by atoms with van der Waals surface area (Å²) in [6.45, 7) is 5.14. The lowest BCUT2D eigenvalue weighted by Crippen LogP contribution is -1.96. The number of allylic oxidation sites excluding steroid dienone is 3. The second kappa shape index (κ2) is 6.95. The molecule has 1 atom stereocenters. The van der Waals surface area contributed by atoms with Crippen molar-refractivity contribution < 1.29 is 15.0 Å². The van der Waals surface area contributed by atoms with Gasteiger partial charge in [0.05, 0.1) is 6.26 Å². The van der Waals surface area contributed by atoms with Crippen molar-refractivity contribution in [1.82, 2.24) is 0 Å². The van der Waals surface area contributed by atoms with Crippen LogP contribution in [0.1, 0.15) is 19.8 Å². The lowest BCUT2D eigenvalue weighted by molar-refractivity contribution is -0.110. The minimum absolute atomic E-state index is 0.0162. The molecule has 14 heavy (non-hydrogen) atoms. The van der Waals surface area contributed by atoms with Gasteiger partial charge in [-0.05, 0) is 30.6 Å². The van der Waals surface area contributed by atoms with E-state index in [4.69, 9.17) is 10.2 Å². The van der Waals surface area contributed by atoms with Crippen LogP contribution in [0.15, 0.2) is 36.3 Å². The molecule has 0 aromatic heterocycles. The van der Waals surface area contributed by atoms with Crippen LogP contribution in [0.2, 0.25) is 0 Å². The molecule has 0 heterocycles. The minimum Gasteiger partial charge on any atom is -0.516 e. The first-order valence-corrected chi connectivity index (χ1v) is 4.44. The average Bonchev–Trinajstić information content (AvgIpc) is 2.13. The summed E-state index contributed by atoms with van der Waals surface area (Å²) < 4.78 is 0. The van der Waals surface area contributed by atoms with Crippen molar-refractivity contribution in [3.05, 3.63) is 36.3 Å². The molecule has 0 rings (SSSR count). The van der Waals surface area contributed by atoms with E-state index in [0.29, 0.717) is 12.8 Å². The highest BCUT2D eigenvalue weighted by atomic mass is 16.3. The summed E-state index contributed by atoms with van der Waals surface area (Å²) in [4.78, 5) is 10.3. The summed E-state index contributed by atoms with van der Waals surface area (Å²) in [5.41, 5.74) is 0.744. The van der Waals surface area contributed by atoms with Gasteiger partial charge in [-0.25, -0.2) is 0 Å². The maximum atomic E-state index is 10.3. The van der Waals surface area contributed by atoms with Gasteiger partial charge < -0.3 is 15.0 Å². The fourth-order valence-corrected chi connectivity index (χ4v) is 0.976. The molecule has 0 amide bonds. The van der Waals surface area contributed by atoms with Crippen LogP contribution < -0.4 is 0 Å². The van der Waals surface area contributed by atoms with E-state index in [9.17, 15) is 4.79 Å². The highest BCUT2D eigenvalue weighted by Crippen LogP contribution is 2.13. The van der Waals surface area contributed by atoms with Gasteiger partial charge in [-0.1, -0.05) is 13.5 Å². The molecule has 0 aliphatic heterocycles. The van der Waals surface area contributed by atoms with Gasteiger partial charge in [0.1, 0.15) is 12.0 Å². The van der Waals surface area contributed by atoms with Crippen molar-refractivity contribution in [2.24, 2.45) is 5.92 Å². The smallest absolute Gasteiger partial charge is 0.122 e. The molecule has 0 bridgehead atoms. The van der Waals surface area contributed by atoms with Crippen molar-refractivity contribution >= 4 is 6.29 Å². The molecule has 3 nitrogen and oxygen atoms in total. The Labute approximate surface area is 84.1 Å². The van der Waals surface area contributed by atoms with Gasteiger partial charge in [-0.15, -0.1) is 0 Å². The number of aldehydes is 1. The largest absolute Gasteiger partial charge is 0.516 e. The molecule has 0 saturated carbocycles. The summed E-state index contributed by atoms with van der Waals surface area (Å²) in [6.07, 6.45) is 6.03. The molecule has 3 heteroatoms. The molecule has 0 radical (unpaired) electrons. The van der Waals surface area contributed by atoms with Gasteiger partial charge in [-0.3, -0.25) is 0 Å². The fourth-order valence-electron chi connectivity index (χ4n) is 0.976. The molecule has 0 aromatic rings. The van der Waals surface area contributed by atoms with E-state index < -0.39 is 0 Å². The fraction of sp³-hybridized carbons (Fsp3) is 0.364. The second-order valence-corrected chi connectivity index (χ2v) is 3.18. The third kappa shape index (κ3) is 6.06. The summed E-state index contributed by atoms with van der Waals surface area (Å²) in [5, 5.41) is 17.5. The van der Waals surface area contributed by atoms with Gasteiger partial charge in [0.2, 0.25) is 0 Å². The Hall–Kier alpha value is -1.51. The predicted octanol–water partition coefficient (Wildman–Crippen LogP) is 2.67. The van der Waals surface area contributed by atoms with Gasteiger partial charge in [0, 0.05) is 5.92 Å². The number of hydrogen-bond donors (Lipinski definition) is 2. The molecule has 0 aliphatic rings. The molecular formula is C11H16O3. The predicted molar refractivity (Wildman–Crippen MR) is 56.1 cm³/mol. The Balaban J connectivity index is 4.24. The van der Waals surface area contributed by atoms with Gasteiger partial charge >= 0.3 is 0 Å². The maximum absolute atomic E-state index is 10.3. The average molecular weight is 196 g/mol. The van der Waals surface area contributed by atoms with Crippen molar-refractivity contribution in [2.45, 2.75) is 19.8 Å². The van der Waals surface area contributed by atoms with Gasteiger partial charge in [0.15, 0.2) is 0 Å². The molecule has 1 unspecified atom stereocenters. The van der Waals surface area contributed by atoms with Crippen molar-refractivity contribution in [3.8, 4) is 0 Å². The topological polar surface area (TPSA) is 57.5 Å². The van der Waals surface area contributed by atoms with Crippen LogP contribution in [0.4, 0.5) is 0 Å². The van der Waals surface area contributed by atoms with Gasteiger partial charge in [-0.2, -0.15) is 0 Å². The Morgan fingerprint density at radius 2 is 2.21 bits per heavy atom. The zero-order valence-corrected chi connectivity index (χ0v) is 8.31. The summed E-state index contributed by atoms with van der Waals surface area (Å²) in [6, 6.07) is 0. The van der Waals surface area contributed by atoms with Gasteiger partial charge in [0.25, 0.3) is 0 Å². The maximum Gasteiger partial charge on any atom is 0.122 e. The van der Waals surface area contributed by atoms with E-state index in [2.05, 4.69) is 6.58 Å². The lowest BCUT2D eigenvalue weighted by atomic mass is 10.0. The summed E-state index contributed by atoms with van der Waals surface area (Å²) >= 11 is 0. The van der Waals surface area contributed by atoms with E-state index in [1.54, 1.807) is 0 Å². The Bertz CT molecular complexity index is 251. The van der Waals surface area contributed by atoms with E-state index in [0.717, 1.165) is 18.1 Å². The second-order valence-electron chi connectivity index (χ2n) is 3.18. The first kappa shape index (κ1) is 12.5. The number of rotatable bonds is 6. The number of carbonyl (C=O) groups is 1. The lowest BCUT2D eigenvalue weighted by Gasteiger charge is -2.04. The Morgan fingerprint density at radius 1 is 1.57 bits per heavy atom. The standard InChI is InChI=1S/C11H16O3/c1-9(8-13)3-4-11(5-6-12)7-10(2)14/h5-9,12,14H,2-4H2,1H3/b6-5-,11-7-. The van der Waals surface area contributed by atoms with Crippen LogP contribution in [-0.4, -0.2) is 16.5 Å². The Morgan fingerprint density at radius 3 is 2.64 bits per heavy atom. The first-order chi connectivity index (χ1) is 6.60. The van der Waals surface area contributed by atoms with Crippen LogP contribution >= 0.6 is 0 Å². The molecule has 0 aromatic carbocycles. The molecule has 0 spiro atoms. The van der Waals surface area contributed by atoms with E-state index in [-0.39, 0.29) is 11.7 Å². The minimum atomic E-state index is -0.0585. The summed E-state index contributed by atoms with van der Waals surface area (Å²) in [5.74, 6) is -0.0747. The van der Waals surface area contributed by atoms with Crippen LogP contribution in [0.5, 0.6) is 0 Å². The third-order valence-electron chi connectivity index (χ3n) is 1.76. The number of hydrogen-bond acceptors (Lipinski definition) is 3. The highest BCUT2D eigenvalue weighted by molar-refractivity contribution is 5.52. The van der Waals surface area contributed by atoms with Crippen molar-refractivity contribution in [2.75, 3.05) is 0 Å². The highest BCUT2D eigenvalue weighted by Gasteiger charge is 2.01. The first-order valence-electron chi connectivity index (χ1n) is 4.44. The summed E-state index contributed by atoms with van der Waals surface area (Å²) in [7, 11) is 0. The van der Waals surface area contributed by atoms with Crippen molar-refractivity contribution in [3.63, 3.8) is 0 Å². The monoisotopic (exact) mass is 196 g/mol. The van der Waals surface area contributed by atoms with Crippen LogP contribution in [-0.2, 0) is 4.79 Å². The zero-order chi connectivity index (χ0) is 11.0. The zero-order valence-electron chi connectivity index (χ0n) is 8.31. The Kier molecular flexibility index (Phi) is 6.20. The molecule has 0 fully saturated rings. The quantitative estimate of drug-likeness (QED) is 0.390. The normalized spacial score (nSPS) is 14.2. The SMILES string of the molecule is C=C(O)/C=C(\C=C/O)CCC(C)C=O. The van der Waals surface area contributed by atoms with E-state index >= 15 is 0 Å². The third-order valence-corrected chi connectivity index (χ3v) is 1.76. The number of aliphatic hydroxyl groups is 2. The van der Waals surface area contributed by atoms with Crippen molar-refractivity contribution in [1.29, 1.82) is 0 Å². The number of aliphatic hydroxyl groups excluding tert-OH is 2. The van der Waals surface area contributed by atoms with Crippen LogP contribution in [0.3, 0.4) is 0 Å². The van der Waals surface area contributed by atoms with Crippen LogP contribution in [0.25, 0.3) is 0 Å². The molecular weight excluding hydrogens is 180 g/mol. The molecule has 0 aliphatic carbocycles.